The number of anilines is 2. The third-order valence-corrected chi connectivity index (χ3v) is 12.4. The van der Waals surface area contributed by atoms with Crippen LogP contribution in [0.1, 0.15) is 88.8 Å². The number of amides is 5. The van der Waals surface area contributed by atoms with Crippen LogP contribution in [0.5, 0.6) is 5.75 Å². The van der Waals surface area contributed by atoms with E-state index in [0.29, 0.717) is 85.1 Å². The van der Waals surface area contributed by atoms with E-state index in [2.05, 4.69) is 36.5 Å². The van der Waals surface area contributed by atoms with Gasteiger partial charge in [0.15, 0.2) is 0 Å². The molecule has 364 valence electrons. The maximum atomic E-state index is 14.9. The Labute approximate surface area is 400 Å². The Kier molecular flexibility index (Phi) is 17.2. The minimum atomic E-state index is -0.798. The van der Waals surface area contributed by atoms with Crippen molar-refractivity contribution in [1.29, 1.82) is 10.8 Å². The van der Waals surface area contributed by atoms with Gasteiger partial charge in [-0.3, -0.25) is 45.1 Å². The summed E-state index contributed by atoms with van der Waals surface area (Å²) in [7, 11) is 2.03. The van der Waals surface area contributed by atoms with Gasteiger partial charge in [0.25, 0.3) is 11.8 Å². The molecule has 5 amide bonds. The number of nitrogens with zero attached hydrogens (tertiary/aromatic N) is 3. The van der Waals surface area contributed by atoms with Crippen LogP contribution in [-0.2, 0) is 36.9 Å². The first-order chi connectivity index (χ1) is 33.4. The molecule has 4 heterocycles. The molecule has 0 aliphatic carbocycles. The van der Waals surface area contributed by atoms with E-state index in [1.54, 1.807) is 73.1 Å². The number of ether oxygens (including phenoxy) is 3. The Balaban J connectivity index is 0.759. The van der Waals surface area contributed by atoms with Crippen LogP contribution < -0.4 is 31.3 Å². The van der Waals surface area contributed by atoms with Crippen LogP contribution in [0.3, 0.4) is 0 Å². The summed E-state index contributed by atoms with van der Waals surface area (Å²) >= 11 is 0. The molecule has 2 saturated heterocycles. The largest absolute Gasteiger partial charge is 0.494 e. The fourth-order valence-corrected chi connectivity index (χ4v) is 8.43. The molecular weight excluding hydrogens is 888 g/mol. The highest BCUT2D eigenvalue weighted by Crippen LogP contribution is 2.33. The zero-order valence-electron chi connectivity index (χ0n) is 38.7. The molecule has 0 bridgehead atoms. The highest BCUT2D eigenvalue weighted by atomic mass is 19.1. The quantitative estimate of drug-likeness (QED) is 0.0239. The van der Waals surface area contributed by atoms with Gasteiger partial charge in [-0.05, 0) is 113 Å². The predicted octanol–water partition coefficient (Wildman–Crippen LogP) is 4.99. The monoisotopic (exact) mass is 946 g/mol. The van der Waals surface area contributed by atoms with Crippen LogP contribution in [0.25, 0.3) is 0 Å². The Hall–Kier alpha value is -7.09. The summed E-state index contributed by atoms with van der Waals surface area (Å²) in [5.74, 6) is -1.64. The van der Waals surface area contributed by atoms with Crippen molar-refractivity contribution < 1.29 is 42.6 Å². The predicted molar refractivity (Wildman–Crippen MR) is 256 cm³/mol. The van der Waals surface area contributed by atoms with Crippen molar-refractivity contribution in [2.24, 2.45) is 0 Å². The number of likely N-dealkylation sites (tertiary alicyclic amines) is 1. The molecule has 1 unspecified atom stereocenters. The maximum absolute atomic E-state index is 14.9. The van der Waals surface area contributed by atoms with Gasteiger partial charge in [0.2, 0.25) is 17.7 Å². The molecule has 19 heteroatoms. The first-order valence-electron chi connectivity index (χ1n) is 23.2. The molecule has 18 nitrogen and oxygen atoms in total. The van der Waals surface area contributed by atoms with E-state index in [0.717, 1.165) is 32.4 Å². The highest BCUT2D eigenvalue weighted by Gasteiger charge is 2.41. The molecule has 3 aliphatic rings. The SMILES string of the molecule is CN1CCC(Nc2cccc(C(=O)NCc3cc(OCCCCCOCCCOCC(=O)Nc4cccc5c4CN(C4CCC(=O)NC4=O)C5=O)ccc3F)c2)(C(=N)NC(=N)c2ccncc2)CC1. The van der Waals surface area contributed by atoms with E-state index in [4.69, 9.17) is 25.0 Å². The van der Waals surface area contributed by atoms with E-state index in [1.165, 1.54) is 11.0 Å². The lowest BCUT2D eigenvalue weighted by molar-refractivity contribution is -0.137. The summed E-state index contributed by atoms with van der Waals surface area (Å²) < 4.78 is 32.0. The molecule has 3 aromatic carbocycles. The molecule has 7 N–H and O–H groups in total. The lowest BCUT2D eigenvalue weighted by atomic mass is 9.85. The van der Waals surface area contributed by atoms with Crippen LogP contribution in [0.2, 0.25) is 0 Å². The summed E-state index contributed by atoms with van der Waals surface area (Å²) in [6, 6.07) is 19.1. The molecular formula is C50H59FN10O8. The van der Waals surface area contributed by atoms with Crippen molar-refractivity contribution in [2.45, 2.75) is 76.0 Å². The summed E-state index contributed by atoms with van der Waals surface area (Å²) in [5, 5.41) is 32.0. The second-order valence-corrected chi connectivity index (χ2v) is 17.3. The molecule has 1 atom stereocenters. The number of aromatic nitrogens is 1. The lowest BCUT2D eigenvalue weighted by Crippen LogP contribution is -2.58. The Bertz CT molecular complexity index is 2520. The number of rotatable bonds is 22. The molecule has 0 radical (unpaired) electrons. The zero-order chi connectivity index (χ0) is 48.8. The standard InChI is InChI=1S/C50H59FN10O8/c1-60-22-18-50(19-23-60,49(53)58-45(52)33-16-20-54-21-17-33)59-36-9-5-8-34(28-36)46(64)55-30-35-29-37(12-13-40(35)51)69-27-4-2-3-24-67-25-7-26-68-32-44(63)56-41-11-6-10-38-39(41)31-61(48(38)66)42-14-15-43(62)57-47(42)65/h5-6,8-13,16-17,20-21,28-29,42,59H,2-4,7,14-15,18-19,22-27,30-32H2,1H3,(H,55,64)(H,56,63)(H3,52,53,58)(H,57,62,65). The minimum absolute atomic E-state index is 0.0514. The second kappa shape index (κ2) is 23.8. The van der Waals surface area contributed by atoms with Gasteiger partial charge in [0, 0.05) is 104 Å². The van der Waals surface area contributed by atoms with Gasteiger partial charge in [-0.1, -0.05) is 12.1 Å². The molecule has 2 fully saturated rings. The summed E-state index contributed by atoms with van der Waals surface area (Å²) in [5.41, 5.74) is 2.61. The number of piperidine rings is 2. The normalized spacial score (nSPS) is 16.6. The molecule has 4 aromatic rings. The first kappa shape index (κ1) is 49.8. The molecule has 69 heavy (non-hydrogen) atoms. The highest BCUT2D eigenvalue weighted by molar-refractivity contribution is 6.10. The van der Waals surface area contributed by atoms with E-state index in [-0.39, 0.29) is 73.4 Å². The van der Waals surface area contributed by atoms with Crippen LogP contribution in [0.15, 0.2) is 85.2 Å². The van der Waals surface area contributed by atoms with Crippen LogP contribution in [-0.4, -0.2) is 121 Å². The lowest BCUT2D eigenvalue weighted by Gasteiger charge is -2.42. The van der Waals surface area contributed by atoms with E-state index < -0.39 is 23.3 Å². The number of hydrogen-bond donors (Lipinski definition) is 7. The zero-order valence-corrected chi connectivity index (χ0v) is 38.7. The number of carbonyl (C=O) groups is 5. The van der Waals surface area contributed by atoms with Crippen molar-refractivity contribution in [3.05, 3.63) is 119 Å². The molecule has 0 spiro atoms. The first-order valence-corrected chi connectivity index (χ1v) is 23.2. The van der Waals surface area contributed by atoms with Gasteiger partial charge in [0.1, 0.15) is 35.9 Å². The number of carbonyl (C=O) groups excluding carboxylic acids is 5. The van der Waals surface area contributed by atoms with Gasteiger partial charge >= 0.3 is 0 Å². The van der Waals surface area contributed by atoms with Crippen LogP contribution in [0, 0.1) is 16.6 Å². The average Bonchev–Trinajstić information content (AvgIpc) is 3.68. The van der Waals surface area contributed by atoms with Gasteiger partial charge < -0.3 is 45.3 Å². The number of unbranched alkanes of at least 4 members (excludes halogenated alkanes) is 2. The van der Waals surface area contributed by atoms with Crippen molar-refractivity contribution in [1.82, 2.24) is 30.7 Å². The molecule has 0 saturated carbocycles. The van der Waals surface area contributed by atoms with Crippen molar-refractivity contribution in [3.63, 3.8) is 0 Å². The summed E-state index contributed by atoms with van der Waals surface area (Å²) in [6.07, 6.45) is 7.83. The third-order valence-electron chi connectivity index (χ3n) is 12.4. The van der Waals surface area contributed by atoms with Gasteiger partial charge in [-0.2, -0.15) is 0 Å². The minimum Gasteiger partial charge on any atom is -0.494 e. The number of imide groups is 1. The number of nitrogens with one attached hydrogen (secondary N) is 7. The average molecular weight is 947 g/mol. The summed E-state index contributed by atoms with van der Waals surface area (Å²) in [6.45, 7) is 3.13. The fourth-order valence-electron chi connectivity index (χ4n) is 8.43. The van der Waals surface area contributed by atoms with E-state index in [9.17, 15) is 28.4 Å². The Morgan fingerprint density at radius 2 is 1.64 bits per heavy atom. The number of hydrogen-bond acceptors (Lipinski definition) is 13. The summed E-state index contributed by atoms with van der Waals surface area (Å²) in [4.78, 5) is 70.6. The smallest absolute Gasteiger partial charge is 0.255 e. The number of halogens is 1. The number of benzene rings is 3. The van der Waals surface area contributed by atoms with Gasteiger partial charge in [-0.25, -0.2) is 4.39 Å². The van der Waals surface area contributed by atoms with E-state index in [1.807, 2.05) is 13.1 Å². The second-order valence-electron chi connectivity index (χ2n) is 17.3. The van der Waals surface area contributed by atoms with Crippen LogP contribution in [0.4, 0.5) is 15.8 Å². The third kappa shape index (κ3) is 13.3. The Morgan fingerprint density at radius 1 is 0.884 bits per heavy atom. The van der Waals surface area contributed by atoms with Crippen LogP contribution >= 0.6 is 0 Å². The van der Waals surface area contributed by atoms with Gasteiger partial charge in [0.05, 0.1) is 12.1 Å². The number of amidine groups is 2. The molecule has 1 aromatic heterocycles. The Morgan fingerprint density at radius 3 is 2.43 bits per heavy atom. The van der Waals surface area contributed by atoms with Gasteiger partial charge in [-0.15, -0.1) is 0 Å². The maximum Gasteiger partial charge on any atom is 0.255 e. The van der Waals surface area contributed by atoms with Crippen molar-refractivity contribution >= 4 is 52.6 Å². The molecule has 7 rings (SSSR count). The topological polar surface area (TPSA) is 240 Å². The van der Waals surface area contributed by atoms with Crippen molar-refractivity contribution in [3.8, 4) is 5.75 Å². The fraction of sp³-hybridized carbons (Fsp3) is 0.400. The molecule has 3 aliphatic heterocycles. The number of fused-ring (bicyclic) bond motifs is 1. The van der Waals surface area contributed by atoms with E-state index >= 15 is 0 Å². The number of pyridine rings is 1. The van der Waals surface area contributed by atoms with Crippen molar-refractivity contribution in [2.75, 3.05) is 63.8 Å².